The number of rotatable bonds is 9. The van der Waals surface area contributed by atoms with Gasteiger partial charge >= 0.3 is 0 Å². The van der Waals surface area contributed by atoms with E-state index in [1.807, 2.05) is 6.07 Å². The molecule has 12 heteroatoms. The molecule has 0 unspecified atom stereocenters. The second-order valence-corrected chi connectivity index (χ2v) is 15.1. The Morgan fingerprint density at radius 1 is 0.956 bits per heavy atom. The smallest absolute Gasteiger partial charge is 0.298 e. The van der Waals surface area contributed by atoms with Crippen molar-refractivity contribution in [2.24, 2.45) is 5.73 Å². The van der Waals surface area contributed by atoms with Crippen LogP contribution in [0.5, 0.6) is 5.75 Å². The lowest BCUT2D eigenvalue weighted by atomic mass is 9.97. The average Bonchev–Trinajstić information content (AvgIpc) is 3.71. The lowest BCUT2D eigenvalue weighted by molar-refractivity contribution is -0.145. The fourth-order valence-electron chi connectivity index (χ4n) is 5.94. The maximum absolute atomic E-state index is 16.3. The van der Waals surface area contributed by atoms with E-state index in [1.54, 1.807) is 30.3 Å². The number of benzene rings is 3. The molecule has 1 aromatic heterocycles. The summed E-state index contributed by atoms with van der Waals surface area (Å²) in [5, 5.41) is 1.35. The van der Waals surface area contributed by atoms with Crippen molar-refractivity contribution in [2.75, 3.05) is 13.1 Å². The number of hydrogen-bond donors (Lipinski definition) is 2. The van der Waals surface area contributed by atoms with E-state index in [2.05, 4.69) is 4.72 Å². The van der Waals surface area contributed by atoms with Crippen LogP contribution in [0.4, 0.5) is 8.78 Å². The number of piperidine rings is 1. The highest BCUT2D eigenvalue weighted by Gasteiger charge is 2.50. The van der Waals surface area contributed by atoms with Gasteiger partial charge in [0.2, 0.25) is 15.9 Å². The first-order valence-corrected chi connectivity index (χ1v) is 17.7. The van der Waals surface area contributed by atoms with Gasteiger partial charge in [-0.25, -0.2) is 8.42 Å². The molecule has 2 fully saturated rings. The van der Waals surface area contributed by atoms with E-state index in [0.29, 0.717) is 33.9 Å². The number of ether oxygens (including phenoxy) is 1. The zero-order valence-corrected chi connectivity index (χ0v) is 26.8. The van der Waals surface area contributed by atoms with E-state index in [9.17, 15) is 13.2 Å². The Labute approximate surface area is 270 Å². The van der Waals surface area contributed by atoms with Gasteiger partial charge in [-0.2, -0.15) is 13.5 Å². The molecule has 1 atom stereocenters. The Bertz CT molecular complexity index is 1790. The number of amides is 1. The zero-order valence-electron chi connectivity index (χ0n) is 24.4. The first-order valence-electron chi connectivity index (χ1n) is 15.0. The largest absolute Gasteiger partial charge is 0.490 e. The predicted molar refractivity (Wildman–Crippen MR) is 173 cm³/mol. The molecule has 7 nitrogen and oxygen atoms in total. The minimum atomic E-state index is -4.56. The van der Waals surface area contributed by atoms with Crippen molar-refractivity contribution in [3.63, 3.8) is 0 Å². The standard InChI is InChI=1S/C33H34ClF2N3O4S2/c34-30-14-13-29(44-30)21-5-9-24(10-6-21)33(35,36)31(32(40)39-17-15-25(37)16-18-39)38-45(41,42)28-12-8-22-19-27(11-7-23(22)20-28)43-26-3-1-2-4-26/h5-14,19-20,25-26,31,38H,1-4,15-18,37H2/t31-/m1/s1. The maximum Gasteiger partial charge on any atom is 0.298 e. The van der Waals surface area contributed by atoms with Gasteiger partial charge < -0.3 is 15.4 Å². The van der Waals surface area contributed by atoms with Crippen LogP contribution in [0.3, 0.4) is 0 Å². The van der Waals surface area contributed by atoms with Crippen LogP contribution >= 0.6 is 22.9 Å². The summed E-state index contributed by atoms with van der Waals surface area (Å²) in [5.74, 6) is -4.18. The molecule has 2 aliphatic rings. The second kappa shape index (κ2) is 13.0. The summed E-state index contributed by atoms with van der Waals surface area (Å²) in [4.78, 5) is 15.5. The van der Waals surface area contributed by atoms with E-state index in [1.165, 1.54) is 52.6 Å². The van der Waals surface area contributed by atoms with Crippen LogP contribution in [0.25, 0.3) is 21.2 Å². The molecule has 0 spiro atoms. The second-order valence-electron chi connectivity index (χ2n) is 11.7. The highest BCUT2D eigenvalue weighted by molar-refractivity contribution is 7.89. The molecule has 3 N–H and O–H groups in total. The van der Waals surface area contributed by atoms with Crippen molar-refractivity contribution >= 4 is 49.6 Å². The first-order chi connectivity index (χ1) is 21.5. The third-order valence-electron chi connectivity index (χ3n) is 8.56. The summed E-state index contributed by atoms with van der Waals surface area (Å²) in [5.41, 5.74) is 6.16. The number of thiophene rings is 1. The van der Waals surface area contributed by atoms with Crippen molar-refractivity contribution in [3.8, 4) is 16.2 Å². The van der Waals surface area contributed by atoms with Crippen LogP contribution < -0.4 is 15.2 Å². The predicted octanol–water partition coefficient (Wildman–Crippen LogP) is 6.93. The monoisotopic (exact) mass is 673 g/mol. The van der Waals surface area contributed by atoms with Gasteiger partial charge in [0.15, 0.2) is 6.04 Å². The van der Waals surface area contributed by atoms with Gasteiger partial charge in [-0.3, -0.25) is 4.79 Å². The number of nitrogens with one attached hydrogen (secondary N) is 1. The lowest BCUT2D eigenvalue weighted by Crippen LogP contribution is -2.57. The van der Waals surface area contributed by atoms with Gasteiger partial charge in [0, 0.05) is 29.6 Å². The molecule has 0 bridgehead atoms. The number of nitrogens with two attached hydrogens (primary N) is 1. The Hall–Kier alpha value is -3.09. The summed E-state index contributed by atoms with van der Waals surface area (Å²) in [6.07, 6.45) is 5.32. The molecular formula is C33H34ClF2N3O4S2. The molecule has 1 saturated carbocycles. The molecule has 1 amide bonds. The number of nitrogens with zero attached hydrogens (tertiary/aromatic N) is 1. The number of fused-ring (bicyclic) bond motifs is 1. The van der Waals surface area contributed by atoms with Crippen LogP contribution in [0, 0.1) is 0 Å². The summed E-state index contributed by atoms with van der Waals surface area (Å²) in [7, 11) is -4.56. The van der Waals surface area contributed by atoms with Crippen molar-refractivity contribution < 1.29 is 26.7 Å². The first kappa shape index (κ1) is 31.9. The van der Waals surface area contributed by atoms with Crippen molar-refractivity contribution in [1.82, 2.24) is 9.62 Å². The molecular weight excluding hydrogens is 640 g/mol. The Morgan fingerprint density at radius 3 is 2.29 bits per heavy atom. The Balaban J connectivity index is 1.29. The van der Waals surface area contributed by atoms with Crippen LogP contribution in [-0.2, 0) is 20.7 Å². The zero-order chi connectivity index (χ0) is 31.8. The summed E-state index contributed by atoms with van der Waals surface area (Å²) in [6, 6.07) is 16.2. The van der Waals surface area contributed by atoms with Gasteiger partial charge in [-0.05, 0) is 91.3 Å². The third-order valence-corrected chi connectivity index (χ3v) is 11.3. The van der Waals surface area contributed by atoms with Crippen molar-refractivity contribution in [3.05, 3.63) is 82.7 Å². The van der Waals surface area contributed by atoms with E-state index in [0.717, 1.165) is 35.9 Å². The lowest BCUT2D eigenvalue weighted by Gasteiger charge is -2.35. The third kappa shape index (κ3) is 7.02. The molecule has 1 aliphatic heterocycles. The average molecular weight is 674 g/mol. The number of carbonyl (C=O) groups is 1. The molecule has 0 radical (unpaired) electrons. The van der Waals surface area contributed by atoms with E-state index >= 15 is 8.78 Å². The van der Waals surface area contributed by atoms with Crippen LogP contribution in [0.2, 0.25) is 4.34 Å². The van der Waals surface area contributed by atoms with Gasteiger partial charge in [-0.15, -0.1) is 11.3 Å². The minimum absolute atomic E-state index is 0.148. The van der Waals surface area contributed by atoms with Gasteiger partial charge in [0.05, 0.1) is 15.3 Å². The fraction of sp³-hybridized carbons (Fsp3) is 0.364. The maximum atomic E-state index is 16.3. The molecule has 4 aromatic rings. The van der Waals surface area contributed by atoms with E-state index < -0.39 is 33.5 Å². The molecule has 1 saturated heterocycles. The topological polar surface area (TPSA) is 102 Å². The number of carbonyl (C=O) groups excluding carboxylic acids is 1. The number of halogens is 3. The molecule has 2 heterocycles. The number of likely N-dealkylation sites (tertiary alicyclic amines) is 1. The number of alkyl halides is 2. The van der Waals surface area contributed by atoms with Gasteiger partial charge in [0.25, 0.3) is 5.92 Å². The highest BCUT2D eigenvalue weighted by Crippen LogP contribution is 2.37. The normalized spacial score (nSPS) is 17.6. The van der Waals surface area contributed by atoms with Crippen LogP contribution in [0.1, 0.15) is 44.1 Å². The minimum Gasteiger partial charge on any atom is -0.490 e. The SMILES string of the molecule is NC1CCN(C(=O)[C@@H](NS(=O)(=O)c2ccc3cc(OC4CCCC4)ccc3c2)C(F)(F)c2ccc(-c3ccc(Cl)s3)cc2)CC1. The van der Waals surface area contributed by atoms with Gasteiger partial charge in [-0.1, -0.05) is 48.0 Å². The van der Waals surface area contributed by atoms with Crippen molar-refractivity contribution in [2.45, 2.75) is 67.5 Å². The Kier molecular flexibility index (Phi) is 9.18. The summed E-state index contributed by atoms with van der Waals surface area (Å²) in [6.45, 7) is 0.321. The fourth-order valence-corrected chi connectivity index (χ4v) is 8.21. The Morgan fingerprint density at radius 2 is 1.62 bits per heavy atom. The number of hydrogen-bond acceptors (Lipinski definition) is 6. The highest BCUT2D eigenvalue weighted by atomic mass is 35.5. The molecule has 238 valence electrons. The van der Waals surface area contributed by atoms with E-state index in [-0.39, 0.29) is 30.1 Å². The van der Waals surface area contributed by atoms with E-state index in [4.69, 9.17) is 22.1 Å². The molecule has 6 rings (SSSR count). The molecule has 45 heavy (non-hydrogen) atoms. The van der Waals surface area contributed by atoms with Crippen LogP contribution in [0.15, 0.2) is 77.7 Å². The summed E-state index contributed by atoms with van der Waals surface area (Å²) >= 11 is 7.34. The van der Waals surface area contributed by atoms with Crippen LogP contribution in [-0.4, -0.2) is 50.5 Å². The van der Waals surface area contributed by atoms with Gasteiger partial charge in [0.1, 0.15) is 5.75 Å². The van der Waals surface area contributed by atoms with Crippen molar-refractivity contribution in [1.29, 1.82) is 0 Å². The number of sulfonamides is 1. The summed E-state index contributed by atoms with van der Waals surface area (Å²) < 4.78 is 68.7. The quantitative estimate of drug-likeness (QED) is 0.201. The molecule has 3 aromatic carbocycles. The molecule has 1 aliphatic carbocycles.